The van der Waals surface area contributed by atoms with Gasteiger partial charge in [0.25, 0.3) is 0 Å². The molecule has 0 aliphatic carbocycles. The van der Waals surface area contributed by atoms with Crippen molar-refractivity contribution >= 4 is 27.9 Å². The molecule has 0 bridgehead atoms. The van der Waals surface area contributed by atoms with Gasteiger partial charge in [0.2, 0.25) is 0 Å². The Balaban J connectivity index is 2.09. The molecule has 0 saturated carbocycles. The molecule has 2 aromatic carbocycles. The number of ketones is 1. The summed E-state index contributed by atoms with van der Waals surface area (Å²) in [7, 11) is 0. The van der Waals surface area contributed by atoms with Crippen molar-refractivity contribution in [1.82, 2.24) is 4.98 Å². The van der Waals surface area contributed by atoms with Crippen LogP contribution in [0.1, 0.15) is 12.6 Å². The molecule has 94 valence electrons. The molecule has 1 heterocycles. The third-order valence-electron chi connectivity index (χ3n) is 3.00. The molecule has 19 heavy (non-hydrogen) atoms. The van der Waals surface area contributed by atoms with Crippen LogP contribution in [0.2, 0.25) is 0 Å². The van der Waals surface area contributed by atoms with Crippen molar-refractivity contribution in [2.75, 3.05) is 0 Å². The quantitative estimate of drug-likeness (QED) is 0.715. The molecular formula is C16H13NOS. The fourth-order valence-corrected chi connectivity index (χ4v) is 3.04. The van der Waals surface area contributed by atoms with Crippen LogP contribution in [0.5, 0.6) is 0 Å². The highest BCUT2D eigenvalue weighted by Gasteiger charge is 2.09. The Labute approximate surface area is 115 Å². The van der Waals surface area contributed by atoms with Crippen molar-refractivity contribution in [2.45, 2.75) is 13.3 Å². The third kappa shape index (κ3) is 2.42. The van der Waals surface area contributed by atoms with E-state index >= 15 is 0 Å². The maximum atomic E-state index is 11.1. The Bertz CT molecular complexity index is 740. The number of hydrogen-bond donors (Lipinski definition) is 0. The fraction of sp³-hybridized carbons (Fsp3) is 0.125. The number of benzene rings is 2. The van der Waals surface area contributed by atoms with Crippen molar-refractivity contribution in [2.24, 2.45) is 0 Å². The van der Waals surface area contributed by atoms with Gasteiger partial charge in [-0.2, -0.15) is 0 Å². The highest BCUT2D eigenvalue weighted by molar-refractivity contribution is 7.13. The minimum atomic E-state index is 0.148. The highest BCUT2D eigenvalue weighted by Crippen LogP contribution is 2.30. The minimum absolute atomic E-state index is 0.148. The van der Waals surface area contributed by atoms with E-state index in [1.807, 2.05) is 23.6 Å². The lowest BCUT2D eigenvalue weighted by Gasteiger charge is -2.02. The van der Waals surface area contributed by atoms with Crippen LogP contribution in [0.15, 0.2) is 47.8 Å². The van der Waals surface area contributed by atoms with Crippen molar-refractivity contribution in [3.8, 4) is 10.6 Å². The lowest BCUT2D eigenvalue weighted by atomic mass is 10.1. The van der Waals surface area contributed by atoms with E-state index in [1.54, 1.807) is 18.3 Å². The standard InChI is InChI=1S/C16H13NOS/c1-11(18)9-13-10-19-16(17-13)15-8-4-6-12-5-2-3-7-14(12)15/h2-8,10H,9H2,1H3. The average Bonchev–Trinajstić information content (AvgIpc) is 2.85. The van der Waals surface area contributed by atoms with Crippen LogP contribution < -0.4 is 0 Å². The van der Waals surface area contributed by atoms with E-state index in [1.165, 1.54) is 10.8 Å². The predicted octanol–water partition coefficient (Wildman–Crippen LogP) is 4.09. The summed E-state index contributed by atoms with van der Waals surface area (Å²) in [5.74, 6) is 0.148. The van der Waals surface area contributed by atoms with E-state index in [4.69, 9.17) is 0 Å². The van der Waals surface area contributed by atoms with Gasteiger partial charge in [-0.3, -0.25) is 4.79 Å². The molecule has 0 fully saturated rings. The van der Waals surface area contributed by atoms with Crippen LogP contribution >= 0.6 is 11.3 Å². The number of fused-ring (bicyclic) bond motifs is 1. The topological polar surface area (TPSA) is 30.0 Å². The van der Waals surface area contributed by atoms with E-state index in [9.17, 15) is 4.79 Å². The van der Waals surface area contributed by atoms with Gasteiger partial charge in [0.1, 0.15) is 10.8 Å². The summed E-state index contributed by atoms with van der Waals surface area (Å²) in [5, 5.41) is 5.36. The summed E-state index contributed by atoms with van der Waals surface area (Å²) in [4.78, 5) is 15.7. The number of carbonyl (C=O) groups excluding carboxylic acids is 1. The third-order valence-corrected chi connectivity index (χ3v) is 3.93. The summed E-state index contributed by atoms with van der Waals surface area (Å²) in [6, 6.07) is 14.5. The molecule has 0 saturated heterocycles. The van der Waals surface area contributed by atoms with Crippen LogP contribution in [0.4, 0.5) is 0 Å². The van der Waals surface area contributed by atoms with E-state index in [2.05, 4.69) is 29.2 Å². The maximum absolute atomic E-state index is 11.1. The fourth-order valence-electron chi connectivity index (χ4n) is 2.18. The second kappa shape index (κ2) is 4.94. The number of Topliss-reactive ketones (excluding diaryl/α,β-unsaturated/α-hetero) is 1. The van der Waals surface area contributed by atoms with Crippen LogP contribution in [0.25, 0.3) is 21.3 Å². The number of hydrogen-bond acceptors (Lipinski definition) is 3. The highest BCUT2D eigenvalue weighted by atomic mass is 32.1. The van der Waals surface area contributed by atoms with Gasteiger partial charge in [0, 0.05) is 17.4 Å². The number of aromatic nitrogens is 1. The van der Waals surface area contributed by atoms with Gasteiger partial charge >= 0.3 is 0 Å². The van der Waals surface area contributed by atoms with Crippen molar-refractivity contribution in [1.29, 1.82) is 0 Å². The summed E-state index contributed by atoms with van der Waals surface area (Å²) < 4.78 is 0. The van der Waals surface area contributed by atoms with Gasteiger partial charge in [-0.1, -0.05) is 42.5 Å². The molecule has 0 unspecified atom stereocenters. The number of rotatable bonds is 3. The van der Waals surface area contributed by atoms with Gasteiger partial charge in [-0.25, -0.2) is 4.98 Å². The van der Waals surface area contributed by atoms with Crippen molar-refractivity contribution < 1.29 is 4.79 Å². The second-order valence-electron chi connectivity index (χ2n) is 4.55. The summed E-state index contributed by atoms with van der Waals surface area (Å²) in [6.45, 7) is 1.59. The monoisotopic (exact) mass is 267 g/mol. The van der Waals surface area contributed by atoms with Gasteiger partial charge in [0.15, 0.2) is 0 Å². The van der Waals surface area contributed by atoms with Gasteiger partial charge < -0.3 is 0 Å². The molecule has 2 nitrogen and oxygen atoms in total. The molecule has 0 aliphatic heterocycles. The summed E-state index contributed by atoms with van der Waals surface area (Å²) in [5.41, 5.74) is 2.00. The van der Waals surface area contributed by atoms with Gasteiger partial charge in [-0.05, 0) is 17.7 Å². The second-order valence-corrected chi connectivity index (χ2v) is 5.41. The maximum Gasteiger partial charge on any atom is 0.135 e. The number of nitrogens with zero attached hydrogens (tertiary/aromatic N) is 1. The Morgan fingerprint density at radius 3 is 2.79 bits per heavy atom. The van der Waals surface area contributed by atoms with E-state index in [0.29, 0.717) is 6.42 Å². The molecular weight excluding hydrogens is 254 g/mol. The first-order valence-electron chi connectivity index (χ1n) is 6.16. The normalized spacial score (nSPS) is 10.8. The lowest BCUT2D eigenvalue weighted by Crippen LogP contribution is -1.96. The Morgan fingerprint density at radius 1 is 1.16 bits per heavy atom. The average molecular weight is 267 g/mol. The summed E-state index contributed by atoms with van der Waals surface area (Å²) in [6.07, 6.45) is 0.418. The van der Waals surface area contributed by atoms with Gasteiger partial charge in [0.05, 0.1) is 5.69 Å². The van der Waals surface area contributed by atoms with E-state index < -0.39 is 0 Å². The molecule has 1 aromatic heterocycles. The molecule has 0 N–H and O–H groups in total. The van der Waals surface area contributed by atoms with Gasteiger partial charge in [-0.15, -0.1) is 11.3 Å². The predicted molar refractivity (Wildman–Crippen MR) is 79.4 cm³/mol. The largest absolute Gasteiger partial charge is 0.300 e. The first kappa shape index (κ1) is 12.1. The van der Waals surface area contributed by atoms with Crippen molar-refractivity contribution in [3.05, 3.63) is 53.5 Å². The molecule has 0 atom stereocenters. The van der Waals surface area contributed by atoms with E-state index in [-0.39, 0.29) is 5.78 Å². The Morgan fingerprint density at radius 2 is 1.95 bits per heavy atom. The van der Waals surface area contributed by atoms with E-state index in [0.717, 1.165) is 16.3 Å². The van der Waals surface area contributed by atoms with Crippen LogP contribution in [0.3, 0.4) is 0 Å². The zero-order valence-corrected chi connectivity index (χ0v) is 11.4. The molecule has 0 spiro atoms. The lowest BCUT2D eigenvalue weighted by molar-refractivity contribution is -0.116. The zero-order chi connectivity index (χ0) is 13.2. The van der Waals surface area contributed by atoms with Crippen LogP contribution in [0, 0.1) is 0 Å². The Hall–Kier alpha value is -2.00. The summed E-state index contributed by atoms with van der Waals surface area (Å²) >= 11 is 1.60. The smallest absolute Gasteiger partial charge is 0.135 e. The molecule has 0 aliphatic rings. The molecule has 0 amide bonds. The van der Waals surface area contributed by atoms with Crippen molar-refractivity contribution in [3.63, 3.8) is 0 Å². The SMILES string of the molecule is CC(=O)Cc1csc(-c2cccc3ccccc23)n1. The van der Waals surface area contributed by atoms with Crippen LogP contribution in [-0.2, 0) is 11.2 Å². The first-order valence-corrected chi connectivity index (χ1v) is 7.04. The molecule has 0 radical (unpaired) electrons. The van der Waals surface area contributed by atoms with Crippen LogP contribution in [-0.4, -0.2) is 10.8 Å². The number of carbonyl (C=O) groups is 1. The zero-order valence-electron chi connectivity index (χ0n) is 10.6. The molecule has 3 rings (SSSR count). The molecule has 3 aromatic rings. The number of thiazole rings is 1. The Kier molecular flexibility index (Phi) is 3.13. The molecule has 3 heteroatoms. The minimum Gasteiger partial charge on any atom is -0.300 e. The first-order chi connectivity index (χ1) is 9.24.